The second-order valence-corrected chi connectivity index (χ2v) is 3.56. The molecule has 0 amide bonds. The van der Waals surface area contributed by atoms with Gasteiger partial charge in [-0.15, -0.1) is 0 Å². The molecule has 1 aromatic rings. The zero-order valence-corrected chi connectivity index (χ0v) is 10.1. The molecular formula is C11H16FN3O3. The number of benzene rings is 1. The van der Waals surface area contributed by atoms with Crippen molar-refractivity contribution in [1.82, 2.24) is 5.32 Å². The van der Waals surface area contributed by atoms with Crippen LogP contribution >= 0.6 is 0 Å². The summed E-state index contributed by atoms with van der Waals surface area (Å²) in [6.07, 6.45) is 0. The van der Waals surface area contributed by atoms with Crippen molar-refractivity contribution in [3.8, 4) is 0 Å². The van der Waals surface area contributed by atoms with Gasteiger partial charge >= 0.3 is 0 Å². The van der Waals surface area contributed by atoms with Crippen molar-refractivity contribution in [2.75, 3.05) is 38.7 Å². The standard InChI is InChI=1S/C11H16FN3O3/c1-18-8-7-13-5-6-14-11-9(12)3-2-4-10(11)15(16)17/h2-4,13-14H,5-8H2,1H3. The predicted octanol–water partition coefficient (Wildman–Crippen LogP) is 1.38. The molecule has 0 aliphatic heterocycles. The van der Waals surface area contributed by atoms with Gasteiger partial charge in [0.05, 0.1) is 11.5 Å². The number of hydrogen-bond acceptors (Lipinski definition) is 5. The molecule has 0 saturated heterocycles. The minimum atomic E-state index is -0.624. The minimum Gasteiger partial charge on any atom is -0.383 e. The van der Waals surface area contributed by atoms with Gasteiger partial charge < -0.3 is 15.4 Å². The van der Waals surface area contributed by atoms with Crippen LogP contribution < -0.4 is 10.6 Å². The Hall–Kier alpha value is -1.73. The monoisotopic (exact) mass is 257 g/mol. The first-order chi connectivity index (χ1) is 8.66. The van der Waals surface area contributed by atoms with Crippen LogP contribution in [0.1, 0.15) is 0 Å². The van der Waals surface area contributed by atoms with E-state index in [2.05, 4.69) is 10.6 Å². The fourth-order valence-electron chi connectivity index (χ4n) is 1.42. The summed E-state index contributed by atoms with van der Waals surface area (Å²) in [5.41, 5.74) is -0.331. The van der Waals surface area contributed by atoms with Crippen LogP contribution in [0.2, 0.25) is 0 Å². The number of methoxy groups -OCH3 is 1. The fraction of sp³-hybridized carbons (Fsp3) is 0.455. The number of nitro groups is 1. The SMILES string of the molecule is COCCNCCNc1c(F)cccc1[N+](=O)[O-]. The number of nitrogens with zero attached hydrogens (tertiary/aromatic N) is 1. The molecule has 0 aliphatic rings. The minimum absolute atomic E-state index is 0.0731. The van der Waals surface area contributed by atoms with Gasteiger partial charge in [-0.2, -0.15) is 0 Å². The normalized spacial score (nSPS) is 10.3. The lowest BCUT2D eigenvalue weighted by atomic mass is 10.2. The average molecular weight is 257 g/mol. The Bertz CT molecular complexity index is 401. The molecule has 1 rings (SSSR count). The van der Waals surface area contributed by atoms with Crippen LogP contribution in [-0.2, 0) is 4.74 Å². The van der Waals surface area contributed by atoms with E-state index in [9.17, 15) is 14.5 Å². The van der Waals surface area contributed by atoms with Crippen LogP contribution in [0.15, 0.2) is 18.2 Å². The Labute approximate surface area is 104 Å². The van der Waals surface area contributed by atoms with Crippen molar-refractivity contribution >= 4 is 11.4 Å². The van der Waals surface area contributed by atoms with Crippen molar-refractivity contribution in [2.45, 2.75) is 0 Å². The molecule has 18 heavy (non-hydrogen) atoms. The fourth-order valence-corrected chi connectivity index (χ4v) is 1.42. The van der Waals surface area contributed by atoms with E-state index in [-0.39, 0.29) is 11.4 Å². The first kappa shape index (κ1) is 14.3. The average Bonchev–Trinajstić information content (AvgIpc) is 2.34. The maximum absolute atomic E-state index is 13.4. The largest absolute Gasteiger partial charge is 0.383 e. The summed E-state index contributed by atoms with van der Waals surface area (Å²) in [6.45, 7) is 2.22. The molecule has 0 saturated carbocycles. The number of hydrogen-bond donors (Lipinski definition) is 2. The van der Waals surface area contributed by atoms with E-state index in [1.165, 1.54) is 18.2 Å². The highest BCUT2D eigenvalue weighted by Crippen LogP contribution is 2.26. The smallest absolute Gasteiger partial charge is 0.295 e. The highest BCUT2D eigenvalue weighted by molar-refractivity contribution is 5.62. The lowest BCUT2D eigenvalue weighted by Gasteiger charge is -2.08. The Kier molecular flexibility index (Phi) is 6.03. The van der Waals surface area contributed by atoms with Crippen molar-refractivity contribution < 1.29 is 14.1 Å². The maximum Gasteiger partial charge on any atom is 0.295 e. The molecule has 6 nitrogen and oxygen atoms in total. The second kappa shape index (κ2) is 7.57. The number of anilines is 1. The highest BCUT2D eigenvalue weighted by atomic mass is 19.1. The maximum atomic E-state index is 13.4. The number of para-hydroxylation sites is 1. The zero-order chi connectivity index (χ0) is 13.4. The van der Waals surface area contributed by atoms with Crippen molar-refractivity contribution in [2.24, 2.45) is 0 Å². The van der Waals surface area contributed by atoms with E-state index < -0.39 is 10.7 Å². The van der Waals surface area contributed by atoms with E-state index >= 15 is 0 Å². The van der Waals surface area contributed by atoms with Gasteiger partial charge in [-0.1, -0.05) is 6.07 Å². The lowest BCUT2D eigenvalue weighted by molar-refractivity contribution is -0.384. The number of nitrogens with one attached hydrogen (secondary N) is 2. The van der Waals surface area contributed by atoms with Crippen LogP contribution in [0.3, 0.4) is 0 Å². The first-order valence-corrected chi connectivity index (χ1v) is 5.53. The van der Waals surface area contributed by atoms with Crippen LogP contribution in [-0.4, -0.2) is 38.3 Å². The molecule has 100 valence electrons. The number of nitro benzene ring substituents is 1. The molecule has 0 bridgehead atoms. The topological polar surface area (TPSA) is 76.4 Å². The third-order valence-corrected chi connectivity index (χ3v) is 2.27. The van der Waals surface area contributed by atoms with E-state index in [0.717, 1.165) is 0 Å². The van der Waals surface area contributed by atoms with Crippen LogP contribution in [0, 0.1) is 15.9 Å². The summed E-state index contributed by atoms with van der Waals surface area (Å²) in [4.78, 5) is 10.1. The van der Waals surface area contributed by atoms with E-state index in [1.807, 2.05) is 0 Å². The second-order valence-electron chi connectivity index (χ2n) is 3.56. The number of halogens is 1. The van der Waals surface area contributed by atoms with Crippen LogP contribution in [0.4, 0.5) is 15.8 Å². The summed E-state index contributed by atoms with van der Waals surface area (Å²) >= 11 is 0. The molecule has 2 N–H and O–H groups in total. The number of rotatable bonds is 8. The molecular weight excluding hydrogens is 241 g/mol. The molecule has 0 unspecified atom stereocenters. The van der Waals surface area contributed by atoms with Gasteiger partial charge in [-0.3, -0.25) is 10.1 Å². The lowest BCUT2D eigenvalue weighted by Crippen LogP contribution is -2.25. The van der Waals surface area contributed by atoms with E-state index in [0.29, 0.717) is 26.2 Å². The Morgan fingerprint density at radius 2 is 2.17 bits per heavy atom. The molecule has 7 heteroatoms. The molecule has 0 aromatic heterocycles. The van der Waals surface area contributed by atoms with E-state index in [1.54, 1.807) is 7.11 Å². The first-order valence-electron chi connectivity index (χ1n) is 5.53. The van der Waals surface area contributed by atoms with Gasteiger partial charge in [0.25, 0.3) is 5.69 Å². The quantitative estimate of drug-likeness (QED) is 0.418. The van der Waals surface area contributed by atoms with Gasteiger partial charge in [0, 0.05) is 32.8 Å². The van der Waals surface area contributed by atoms with E-state index in [4.69, 9.17) is 4.74 Å². The summed E-state index contributed by atoms with van der Waals surface area (Å²) < 4.78 is 18.3. The van der Waals surface area contributed by atoms with Crippen LogP contribution in [0.25, 0.3) is 0 Å². The van der Waals surface area contributed by atoms with Gasteiger partial charge in [0.2, 0.25) is 0 Å². The third kappa shape index (κ3) is 4.27. The molecule has 0 aliphatic carbocycles. The summed E-state index contributed by atoms with van der Waals surface area (Å²) in [5, 5.41) is 16.5. The highest BCUT2D eigenvalue weighted by Gasteiger charge is 2.16. The molecule has 0 atom stereocenters. The Morgan fingerprint density at radius 1 is 1.39 bits per heavy atom. The Balaban J connectivity index is 2.48. The molecule has 0 heterocycles. The number of ether oxygens (including phenoxy) is 1. The molecule has 0 radical (unpaired) electrons. The predicted molar refractivity (Wildman–Crippen MR) is 66.3 cm³/mol. The summed E-state index contributed by atoms with van der Waals surface area (Å²) in [7, 11) is 1.60. The van der Waals surface area contributed by atoms with Gasteiger partial charge in [-0.05, 0) is 6.07 Å². The van der Waals surface area contributed by atoms with Crippen LogP contribution in [0.5, 0.6) is 0 Å². The molecule has 0 fully saturated rings. The zero-order valence-electron chi connectivity index (χ0n) is 10.1. The van der Waals surface area contributed by atoms with Gasteiger partial charge in [0.1, 0.15) is 5.69 Å². The van der Waals surface area contributed by atoms with Crippen molar-refractivity contribution in [3.05, 3.63) is 34.1 Å². The van der Waals surface area contributed by atoms with Crippen molar-refractivity contribution in [3.63, 3.8) is 0 Å². The van der Waals surface area contributed by atoms with Gasteiger partial charge in [0.15, 0.2) is 5.82 Å². The summed E-state index contributed by atoms with van der Waals surface area (Å²) in [5.74, 6) is -0.624. The Morgan fingerprint density at radius 3 is 2.83 bits per heavy atom. The third-order valence-electron chi connectivity index (χ3n) is 2.27. The molecule has 0 spiro atoms. The summed E-state index contributed by atoms with van der Waals surface area (Å²) in [6, 6.07) is 3.77. The van der Waals surface area contributed by atoms with Crippen molar-refractivity contribution in [1.29, 1.82) is 0 Å². The van der Waals surface area contributed by atoms with Gasteiger partial charge in [-0.25, -0.2) is 4.39 Å². The molecule has 1 aromatic carbocycles.